The molecule has 56 heavy (non-hydrogen) atoms. The van der Waals surface area contributed by atoms with Crippen molar-refractivity contribution in [3.8, 4) is 22.3 Å². The van der Waals surface area contributed by atoms with Crippen molar-refractivity contribution < 1.29 is 4.70 Å². The van der Waals surface area contributed by atoms with Gasteiger partial charge in [0.25, 0.3) is 0 Å². The average molecular weight is 754 g/mol. The van der Waals surface area contributed by atoms with Gasteiger partial charge in [-0.1, -0.05) is 183 Å². The van der Waals surface area contributed by atoms with Crippen LogP contribution in [-0.2, 0) is 25.7 Å². The van der Waals surface area contributed by atoms with E-state index in [4.69, 9.17) is 5.11 Å². The van der Waals surface area contributed by atoms with Gasteiger partial charge in [0, 0.05) is 12.5 Å². The van der Waals surface area contributed by atoms with E-state index in [9.17, 15) is 0 Å². The molecule has 0 aromatic heterocycles. The average Bonchev–Trinajstić information content (AvgIpc) is 3.23. The zero-order valence-electron chi connectivity index (χ0n) is 36.6. The third-order valence-electron chi connectivity index (χ3n) is 11.6. The highest BCUT2D eigenvalue weighted by Gasteiger charge is 2.19. The van der Waals surface area contributed by atoms with Crippen LogP contribution in [0.3, 0.4) is 0 Å². The summed E-state index contributed by atoms with van der Waals surface area (Å²) < 4.78 is 2.28. The number of rotatable bonds is 27. The van der Waals surface area contributed by atoms with Crippen LogP contribution in [0.25, 0.3) is 28.3 Å². The maximum absolute atomic E-state index is 5.50. The number of unbranched alkanes of at least 4 members (excludes halogenated alkanes) is 12. The highest BCUT2D eigenvalue weighted by atomic mass is 15.3. The molecule has 0 spiro atoms. The highest BCUT2D eigenvalue weighted by molar-refractivity contribution is 5.74. The van der Waals surface area contributed by atoms with E-state index in [2.05, 4.69) is 137 Å². The van der Waals surface area contributed by atoms with Gasteiger partial charge in [-0.05, 0) is 132 Å². The van der Waals surface area contributed by atoms with Crippen LogP contribution in [-0.4, -0.2) is 11.2 Å². The van der Waals surface area contributed by atoms with Gasteiger partial charge in [0.15, 0.2) is 6.54 Å². The molecule has 0 saturated carbocycles. The minimum atomic E-state index is 0.829. The van der Waals surface area contributed by atoms with Crippen molar-refractivity contribution in [1.82, 2.24) is 0 Å². The molecule has 0 heterocycles. The molecule has 0 fully saturated rings. The molecule has 0 aliphatic rings. The Morgan fingerprint density at radius 1 is 0.482 bits per heavy atom. The van der Waals surface area contributed by atoms with Crippen LogP contribution in [0.4, 0.5) is 5.69 Å². The summed E-state index contributed by atoms with van der Waals surface area (Å²) in [4.78, 5) is 0. The Labute approximate surface area is 344 Å². The predicted octanol–water partition coefficient (Wildman–Crippen LogP) is 17.1. The van der Waals surface area contributed by atoms with Gasteiger partial charge in [0.05, 0.1) is 0 Å². The van der Waals surface area contributed by atoms with Crippen molar-refractivity contribution in [2.24, 2.45) is 5.11 Å². The molecular formula is C54H77N2+. The zero-order chi connectivity index (χ0) is 39.8. The minimum Gasteiger partial charge on any atom is -0.0882 e. The molecule has 0 radical (unpaired) electrons. The molecule has 0 N–H and O–H groups in total. The van der Waals surface area contributed by atoms with Crippen molar-refractivity contribution in [1.29, 1.82) is 0 Å². The van der Waals surface area contributed by atoms with E-state index >= 15 is 0 Å². The topological polar surface area (TPSA) is 15.4 Å². The van der Waals surface area contributed by atoms with Gasteiger partial charge in [0.2, 0.25) is 5.70 Å². The van der Waals surface area contributed by atoms with Crippen LogP contribution in [0.5, 0.6) is 0 Å². The number of hydrogen-bond donors (Lipinski definition) is 0. The van der Waals surface area contributed by atoms with Crippen molar-refractivity contribution in [3.63, 3.8) is 0 Å². The van der Waals surface area contributed by atoms with Crippen LogP contribution in [0, 0.1) is 0 Å². The molecule has 0 saturated heterocycles. The van der Waals surface area contributed by atoms with Crippen molar-refractivity contribution in [3.05, 3.63) is 118 Å². The van der Waals surface area contributed by atoms with Crippen molar-refractivity contribution in [2.45, 2.75) is 176 Å². The summed E-state index contributed by atoms with van der Waals surface area (Å²) in [7, 11) is 0. The highest BCUT2D eigenvalue weighted by Crippen LogP contribution is 2.35. The number of aryl methyl sites for hydroxylation is 2. The molecule has 0 atom stereocenters. The molecule has 2 heteroatoms. The lowest BCUT2D eigenvalue weighted by Crippen LogP contribution is -2.08. The Hall–Kier alpha value is -3.78. The second-order valence-corrected chi connectivity index (χ2v) is 16.1. The molecule has 302 valence electrons. The molecule has 2 nitrogen and oxygen atoms in total. The molecular weight excluding hydrogens is 677 g/mol. The smallest absolute Gasteiger partial charge is 0.0882 e. The number of nitrogens with zero attached hydrogens (tertiary/aromatic N) is 2. The first kappa shape index (κ1) is 44.9. The van der Waals surface area contributed by atoms with Gasteiger partial charge < -0.3 is 0 Å². The molecule has 0 amide bonds. The number of azo groups is 2. The van der Waals surface area contributed by atoms with E-state index in [-0.39, 0.29) is 0 Å². The first-order valence-corrected chi connectivity index (χ1v) is 23.2. The minimum absolute atomic E-state index is 0.829. The maximum Gasteiger partial charge on any atom is 0.208 e. The zero-order valence-corrected chi connectivity index (χ0v) is 36.6. The maximum atomic E-state index is 5.50. The third kappa shape index (κ3) is 14.3. The Balaban J connectivity index is 1.81. The van der Waals surface area contributed by atoms with Crippen LogP contribution >= 0.6 is 0 Å². The van der Waals surface area contributed by atoms with Crippen LogP contribution in [0.1, 0.15) is 179 Å². The second kappa shape index (κ2) is 26.2. The molecule has 0 bridgehead atoms. The Morgan fingerprint density at radius 3 is 1.48 bits per heavy atom. The predicted molar refractivity (Wildman–Crippen MR) is 246 cm³/mol. The van der Waals surface area contributed by atoms with Gasteiger partial charge in [-0.2, -0.15) is 0 Å². The van der Waals surface area contributed by atoms with E-state index in [1.54, 1.807) is 16.7 Å². The quantitative estimate of drug-likeness (QED) is 0.0327. The Morgan fingerprint density at radius 2 is 0.946 bits per heavy atom. The van der Waals surface area contributed by atoms with Crippen molar-refractivity contribution in [2.75, 3.05) is 6.54 Å². The van der Waals surface area contributed by atoms with E-state index in [0.717, 1.165) is 44.3 Å². The van der Waals surface area contributed by atoms with Gasteiger partial charge in [-0.15, -0.1) is 0 Å². The van der Waals surface area contributed by atoms with Gasteiger partial charge in [-0.25, -0.2) is 0 Å². The van der Waals surface area contributed by atoms with E-state index in [1.807, 2.05) is 0 Å². The Kier molecular flexibility index (Phi) is 21.0. The van der Waals surface area contributed by atoms with Gasteiger partial charge >= 0.3 is 0 Å². The van der Waals surface area contributed by atoms with E-state index in [0.29, 0.717) is 0 Å². The van der Waals surface area contributed by atoms with E-state index in [1.165, 1.54) is 142 Å². The molecule has 0 aliphatic heterocycles. The summed E-state index contributed by atoms with van der Waals surface area (Å²) >= 11 is 0. The molecule has 4 rings (SSSR count). The Bertz CT molecular complexity index is 1750. The van der Waals surface area contributed by atoms with Crippen molar-refractivity contribution >= 4 is 11.8 Å². The fourth-order valence-electron chi connectivity index (χ4n) is 8.35. The third-order valence-corrected chi connectivity index (χ3v) is 11.6. The summed E-state index contributed by atoms with van der Waals surface area (Å²) in [6.45, 7) is 14.6. The van der Waals surface area contributed by atoms with Crippen LogP contribution in [0.2, 0.25) is 0 Å². The van der Waals surface area contributed by atoms with Gasteiger partial charge in [0.1, 0.15) is 5.69 Å². The summed E-state index contributed by atoms with van der Waals surface area (Å²) in [6.07, 6.45) is 28.6. The largest absolute Gasteiger partial charge is 0.208 e. The fraction of sp³-hybridized carbons (Fsp3) is 0.519. The lowest BCUT2D eigenvalue weighted by Gasteiger charge is -2.18. The lowest BCUT2D eigenvalue weighted by atomic mass is 9.87. The number of hydrogen-bond acceptors (Lipinski definition) is 1. The van der Waals surface area contributed by atoms with Crippen LogP contribution in [0.15, 0.2) is 95.7 Å². The second-order valence-electron chi connectivity index (χ2n) is 16.1. The van der Waals surface area contributed by atoms with Crippen LogP contribution < -0.4 is 0 Å². The molecule has 0 unspecified atom stereocenters. The fourth-order valence-corrected chi connectivity index (χ4v) is 8.35. The normalized spacial score (nSPS) is 12.1. The lowest BCUT2D eigenvalue weighted by molar-refractivity contribution is -0.539. The first-order chi connectivity index (χ1) is 27.6. The molecule has 4 aromatic carbocycles. The summed E-state index contributed by atoms with van der Waals surface area (Å²) in [5.41, 5.74) is 15.3. The SMILES string of the molecule is CCCCCCCCc1c(CCCCCC)cc(N=[N+](CC)C(=Cc2cc(CCCCCC)c(CCCC)c(-c3ccccc3)c2)CC)cc1-c1ccccc1. The monoisotopic (exact) mass is 754 g/mol. The molecule has 4 aromatic rings. The first-order valence-electron chi connectivity index (χ1n) is 23.2. The number of benzene rings is 4. The summed E-state index contributed by atoms with van der Waals surface area (Å²) in [5.74, 6) is 0. The summed E-state index contributed by atoms with van der Waals surface area (Å²) in [5, 5.41) is 5.50. The molecule has 0 aliphatic carbocycles. The van der Waals surface area contributed by atoms with E-state index < -0.39 is 0 Å². The summed E-state index contributed by atoms with van der Waals surface area (Å²) in [6, 6.07) is 32.1. The van der Waals surface area contributed by atoms with Gasteiger partial charge in [-0.3, -0.25) is 0 Å². The standard InChI is InChI=1S/C54H77N2/c1-7-13-17-20-21-30-38-52-48(36-25-19-15-9-3)42-49(43-54(52)46-33-28-23-29-34-46)55-56(12-6)50(11-5)40-44-39-47(35-24-18-14-8-2)51(37-16-10-4)53(41-44)45-31-26-22-27-32-45/h22-23,26-29,31-34,39-43H,7-21,24-25,30,35-38H2,1-6H3/q+1. The number of allylic oxidation sites excluding steroid dienone is 1.